The summed E-state index contributed by atoms with van der Waals surface area (Å²) in [6.07, 6.45) is 0. The number of anilines is 4. The topological polar surface area (TPSA) is 207 Å². The van der Waals surface area contributed by atoms with Crippen LogP contribution in [0.5, 0.6) is 11.5 Å². The van der Waals surface area contributed by atoms with Crippen molar-refractivity contribution in [1.82, 2.24) is 0 Å². The van der Waals surface area contributed by atoms with E-state index in [1.807, 2.05) is 0 Å². The summed E-state index contributed by atoms with van der Waals surface area (Å²) < 4.78 is 64.6. The molecular formula is C28H22N2O10S2. The first-order valence-electron chi connectivity index (χ1n) is 12.1. The van der Waals surface area contributed by atoms with Gasteiger partial charge in [-0.25, -0.2) is 0 Å². The zero-order chi connectivity index (χ0) is 30.7. The number of benzene rings is 4. The van der Waals surface area contributed by atoms with Crippen molar-refractivity contribution in [3.8, 4) is 11.5 Å². The molecule has 14 heteroatoms. The van der Waals surface area contributed by atoms with Gasteiger partial charge in [-0.2, -0.15) is 16.8 Å². The Bertz CT molecular complexity index is 1920. The lowest BCUT2D eigenvalue weighted by molar-refractivity contribution is 0.0975. The highest BCUT2D eigenvalue weighted by Gasteiger charge is 2.38. The predicted molar refractivity (Wildman–Crippen MR) is 152 cm³/mol. The van der Waals surface area contributed by atoms with E-state index in [1.54, 1.807) is 13.8 Å². The van der Waals surface area contributed by atoms with Crippen LogP contribution in [0.4, 0.5) is 22.7 Å². The molecule has 1 aliphatic carbocycles. The fourth-order valence-corrected chi connectivity index (χ4v) is 5.87. The van der Waals surface area contributed by atoms with Gasteiger partial charge >= 0.3 is 0 Å². The van der Waals surface area contributed by atoms with Gasteiger partial charge in [0.2, 0.25) is 11.6 Å². The number of carbonyl (C=O) groups excluding carboxylic acids is 2. The molecule has 0 spiro atoms. The Morgan fingerprint density at radius 2 is 0.857 bits per heavy atom. The van der Waals surface area contributed by atoms with E-state index in [-0.39, 0.29) is 43.4 Å². The van der Waals surface area contributed by atoms with Gasteiger partial charge in [0.05, 0.1) is 43.4 Å². The van der Waals surface area contributed by atoms with Crippen LogP contribution in [-0.4, -0.2) is 47.7 Å². The number of phenolic OH excluding ortho intramolecular Hbond substituents is 2. The highest BCUT2D eigenvalue weighted by atomic mass is 32.2. The summed E-state index contributed by atoms with van der Waals surface area (Å²) in [6.45, 7) is 3.11. The zero-order valence-corrected chi connectivity index (χ0v) is 23.5. The summed E-state index contributed by atoms with van der Waals surface area (Å²) in [5.74, 6) is -2.57. The molecule has 0 unspecified atom stereocenters. The molecule has 0 amide bonds. The summed E-state index contributed by atoms with van der Waals surface area (Å²) in [5.41, 5.74) is 0.480. The van der Waals surface area contributed by atoms with Gasteiger partial charge in [0.25, 0.3) is 20.2 Å². The number of phenols is 2. The van der Waals surface area contributed by atoms with Crippen molar-refractivity contribution in [2.45, 2.75) is 23.6 Å². The van der Waals surface area contributed by atoms with Crippen molar-refractivity contribution in [2.75, 3.05) is 10.6 Å². The van der Waals surface area contributed by atoms with Crippen LogP contribution in [0.25, 0.3) is 0 Å². The van der Waals surface area contributed by atoms with Crippen molar-refractivity contribution in [1.29, 1.82) is 0 Å². The summed E-state index contributed by atoms with van der Waals surface area (Å²) in [4.78, 5) is 27.0. The molecule has 6 N–H and O–H groups in total. The number of fused-ring (bicyclic) bond motifs is 2. The average Bonchev–Trinajstić information content (AvgIpc) is 2.90. The van der Waals surface area contributed by atoms with E-state index in [4.69, 9.17) is 0 Å². The molecule has 42 heavy (non-hydrogen) atoms. The third-order valence-electron chi connectivity index (χ3n) is 6.81. The molecule has 1 aliphatic rings. The van der Waals surface area contributed by atoms with Crippen LogP contribution in [0.2, 0.25) is 0 Å². The van der Waals surface area contributed by atoms with Gasteiger partial charge < -0.3 is 20.8 Å². The second-order valence-corrected chi connectivity index (χ2v) is 12.4. The lowest BCUT2D eigenvalue weighted by atomic mass is 9.81. The van der Waals surface area contributed by atoms with E-state index in [1.165, 1.54) is 48.5 Å². The molecule has 12 nitrogen and oxygen atoms in total. The number of hydrogen-bond donors (Lipinski definition) is 6. The van der Waals surface area contributed by atoms with Gasteiger partial charge in [-0.05, 0) is 85.6 Å². The first-order valence-corrected chi connectivity index (χ1v) is 15.0. The number of rotatable bonds is 6. The molecule has 0 aromatic heterocycles. The number of aryl methyl sites for hydroxylation is 2. The molecule has 0 saturated carbocycles. The van der Waals surface area contributed by atoms with Gasteiger partial charge in [-0.1, -0.05) is 0 Å². The van der Waals surface area contributed by atoms with Crippen LogP contribution in [-0.2, 0) is 20.2 Å². The maximum absolute atomic E-state index is 13.8. The standard InChI is InChI=1S/C28H22N2O10S2/c1-13-11-15(41(35,36)37)3-5-17(13)29-19-7-9-21(31)25-23(19)27(33)26-22(32)10-8-20(24(26)28(25)34)30-18-6-4-16(12-14(18)2)42(38,39)40/h3-12,29-32H,1-2H3,(H,35,36,37)(H,38,39,40). The number of nitrogens with one attached hydrogen (secondary N) is 2. The van der Waals surface area contributed by atoms with Crippen LogP contribution in [0.3, 0.4) is 0 Å². The van der Waals surface area contributed by atoms with Crippen molar-refractivity contribution >= 4 is 54.6 Å². The van der Waals surface area contributed by atoms with Crippen LogP contribution in [0.15, 0.2) is 70.5 Å². The molecule has 0 aliphatic heterocycles. The third-order valence-corrected chi connectivity index (χ3v) is 8.50. The summed E-state index contributed by atoms with van der Waals surface area (Å²) >= 11 is 0. The fourth-order valence-electron chi connectivity index (χ4n) is 4.74. The zero-order valence-electron chi connectivity index (χ0n) is 21.8. The van der Waals surface area contributed by atoms with E-state index in [0.29, 0.717) is 22.5 Å². The minimum atomic E-state index is -4.46. The molecule has 216 valence electrons. The smallest absolute Gasteiger partial charge is 0.294 e. The lowest BCUT2D eigenvalue weighted by Gasteiger charge is -2.25. The molecule has 0 heterocycles. The lowest BCUT2D eigenvalue weighted by Crippen LogP contribution is -2.24. The van der Waals surface area contributed by atoms with E-state index in [2.05, 4.69) is 10.6 Å². The molecule has 0 atom stereocenters. The molecular weight excluding hydrogens is 588 g/mol. The van der Waals surface area contributed by atoms with Crippen molar-refractivity contribution in [2.24, 2.45) is 0 Å². The van der Waals surface area contributed by atoms with Gasteiger partial charge in [0.1, 0.15) is 11.5 Å². The molecule has 5 rings (SSSR count). The monoisotopic (exact) mass is 610 g/mol. The molecule has 0 fully saturated rings. The Morgan fingerprint density at radius 3 is 1.17 bits per heavy atom. The molecule has 4 aromatic rings. The van der Waals surface area contributed by atoms with Crippen molar-refractivity contribution in [3.05, 3.63) is 94.0 Å². The van der Waals surface area contributed by atoms with E-state index in [9.17, 15) is 45.7 Å². The van der Waals surface area contributed by atoms with Crippen LogP contribution < -0.4 is 10.6 Å². The minimum absolute atomic E-state index is 0.0870. The minimum Gasteiger partial charge on any atom is -0.507 e. The summed E-state index contributed by atoms with van der Waals surface area (Å²) in [7, 11) is -8.92. The Morgan fingerprint density at radius 1 is 0.524 bits per heavy atom. The van der Waals surface area contributed by atoms with Gasteiger partial charge in [0.15, 0.2) is 0 Å². The SMILES string of the molecule is Cc1cc(S(=O)(=O)O)ccc1Nc1ccc(O)c2c1C(=O)c1c(O)ccc(Nc3ccc(S(=O)(=O)O)cc3C)c1C2=O. The molecule has 0 bridgehead atoms. The number of hydrogen-bond acceptors (Lipinski definition) is 10. The highest BCUT2D eigenvalue weighted by Crippen LogP contribution is 2.44. The molecule has 4 aromatic carbocycles. The summed E-state index contributed by atoms with van der Waals surface area (Å²) in [5, 5.41) is 27.3. The quantitative estimate of drug-likeness (QED) is 0.116. The van der Waals surface area contributed by atoms with Crippen LogP contribution >= 0.6 is 0 Å². The maximum Gasteiger partial charge on any atom is 0.294 e. The van der Waals surface area contributed by atoms with Gasteiger partial charge in [0, 0.05) is 11.4 Å². The number of aromatic hydroxyl groups is 2. The number of carbonyl (C=O) groups is 2. The Kier molecular flexibility index (Phi) is 6.82. The van der Waals surface area contributed by atoms with Crippen molar-refractivity contribution in [3.63, 3.8) is 0 Å². The molecule has 0 radical (unpaired) electrons. The fraction of sp³-hybridized carbons (Fsp3) is 0.0714. The van der Waals surface area contributed by atoms with Gasteiger partial charge in [-0.3, -0.25) is 18.7 Å². The van der Waals surface area contributed by atoms with Gasteiger partial charge in [-0.15, -0.1) is 0 Å². The Hall–Kier alpha value is -4.76. The maximum atomic E-state index is 13.8. The van der Waals surface area contributed by atoms with Crippen LogP contribution in [0.1, 0.15) is 43.0 Å². The normalized spacial score (nSPS) is 13.0. The van der Waals surface area contributed by atoms with E-state index < -0.39 is 43.3 Å². The third kappa shape index (κ3) is 4.96. The first-order chi connectivity index (χ1) is 19.6. The Labute approximate surface area is 239 Å². The number of ketones is 2. The van der Waals surface area contributed by atoms with Crippen molar-refractivity contribution < 1.29 is 45.7 Å². The average molecular weight is 611 g/mol. The van der Waals surface area contributed by atoms with E-state index >= 15 is 0 Å². The second kappa shape index (κ2) is 9.95. The summed E-state index contributed by atoms with van der Waals surface area (Å²) in [6, 6.07) is 12.5. The first kappa shape index (κ1) is 28.8. The second-order valence-electron chi connectivity index (χ2n) is 9.58. The Balaban J connectivity index is 1.60. The van der Waals surface area contributed by atoms with Crippen LogP contribution in [0, 0.1) is 13.8 Å². The highest BCUT2D eigenvalue weighted by molar-refractivity contribution is 7.86. The molecule has 0 saturated heterocycles. The largest absolute Gasteiger partial charge is 0.507 e. The van der Waals surface area contributed by atoms with E-state index in [0.717, 1.165) is 12.1 Å². The predicted octanol–water partition coefficient (Wildman–Crippen LogP) is 4.47.